The van der Waals surface area contributed by atoms with Gasteiger partial charge in [0.15, 0.2) is 0 Å². The first kappa shape index (κ1) is 19.0. The molecule has 9 heteroatoms. The number of amides is 1. The number of rotatable bonds is 8. The van der Waals surface area contributed by atoms with Gasteiger partial charge in [-0.3, -0.25) is 10.2 Å². The summed E-state index contributed by atoms with van der Waals surface area (Å²) in [6.07, 6.45) is 1.35. The third kappa shape index (κ3) is 4.81. The lowest BCUT2D eigenvalue weighted by molar-refractivity contribution is 0.0943. The monoisotopic (exact) mass is 368 g/mol. The highest BCUT2D eigenvalue weighted by molar-refractivity contribution is 7.89. The largest absolute Gasteiger partial charge is 0.491 e. The minimum absolute atomic E-state index is 0.00769. The molecule has 136 valence electrons. The Labute approximate surface area is 146 Å². The van der Waals surface area contributed by atoms with Crippen LogP contribution in [0, 0.1) is 13.8 Å². The molecule has 1 aromatic carbocycles. The van der Waals surface area contributed by atoms with E-state index in [0.717, 1.165) is 0 Å². The van der Waals surface area contributed by atoms with E-state index < -0.39 is 15.9 Å². The number of hydrogen-bond donors (Lipinski definition) is 2. The number of benzene rings is 1. The molecular weight excluding hydrogens is 348 g/mol. The van der Waals surface area contributed by atoms with Gasteiger partial charge >= 0.3 is 0 Å². The molecule has 0 aliphatic carbocycles. The average molecular weight is 368 g/mol. The Bertz CT molecular complexity index is 844. The van der Waals surface area contributed by atoms with Crippen LogP contribution < -0.4 is 15.0 Å². The minimum Gasteiger partial charge on any atom is -0.491 e. The normalized spacial score (nSPS) is 11.3. The summed E-state index contributed by atoms with van der Waals surface area (Å²) in [6, 6.07) is 5.86. The van der Waals surface area contributed by atoms with Crippen LogP contribution in [0.2, 0.25) is 0 Å². The van der Waals surface area contributed by atoms with Crippen LogP contribution in [0.5, 0.6) is 5.75 Å². The molecule has 0 bridgehead atoms. The molecule has 0 atom stereocenters. The van der Waals surface area contributed by atoms with Gasteiger partial charge in [0.25, 0.3) is 15.9 Å². The topological polar surface area (TPSA) is 107 Å². The summed E-state index contributed by atoms with van der Waals surface area (Å²) in [7, 11) is -2.35. The van der Waals surface area contributed by atoms with Gasteiger partial charge in [-0.25, -0.2) is 8.42 Å². The van der Waals surface area contributed by atoms with E-state index in [9.17, 15) is 13.2 Å². The van der Waals surface area contributed by atoms with Crippen molar-refractivity contribution in [3.8, 4) is 5.75 Å². The van der Waals surface area contributed by atoms with Crippen LogP contribution in [0.4, 0.5) is 0 Å². The first-order valence-corrected chi connectivity index (χ1v) is 8.92. The number of methoxy groups -OCH3 is 1. The maximum absolute atomic E-state index is 12.3. The molecule has 2 aromatic rings. The van der Waals surface area contributed by atoms with Crippen LogP contribution in [-0.4, -0.2) is 34.6 Å². The fraction of sp³-hybridized carbons (Fsp3) is 0.312. The molecule has 2 rings (SSSR count). The Hall–Kier alpha value is -2.36. The Balaban J connectivity index is 2.05. The van der Waals surface area contributed by atoms with Crippen molar-refractivity contribution in [1.29, 1.82) is 0 Å². The smallest absolute Gasteiger partial charge is 0.269 e. The summed E-state index contributed by atoms with van der Waals surface area (Å²) in [5, 5.41) is 0. The number of furan rings is 1. The van der Waals surface area contributed by atoms with Crippen molar-refractivity contribution in [2.45, 2.75) is 18.7 Å². The van der Waals surface area contributed by atoms with E-state index in [0.29, 0.717) is 30.3 Å². The molecular formula is C16H20N2O6S. The predicted molar refractivity (Wildman–Crippen MR) is 89.8 cm³/mol. The molecule has 8 nitrogen and oxygen atoms in total. The molecule has 0 fully saturated rings. The summed E-state index contributed by atoms with van der Waals surface area (Å²) in [5.41, 5.74) is 3.06. The molecule has 1 aromatic heterocycles. The predicted octanol–water partition coefficient (Wildman–Crippen LogP) is 1.54. The SMILES string of the molecule is COCCOc1ccc(S(=O)(=O)NNC(=O)c2ccoc2C)cc1C. The van der Waals surface area contributed by atoms with Gasteiger partial charge in [-0.2, -0.15) is 0 Å². The maximum atomic E-state index is 12.3. The van der Waals surface area contributed by atoms with Gasteiger partial charge < -0.3 is 13.9 Å². The Morgan fingerprint density at radius 3 is 2.56 bits per heavy atom. The fourth-order valence-electron chi connectivity index (χ4n) is 2.05. The van der Waals surface area contributed by atoms with Gasteiger partial charge in [0.1, 0.15) is 18.1 Å². The first-order chi connectivity index (χ1) is 11.8. The van der Waals surface area contributed by atoms with Gasteiger partial charge in [-0.15, -0.1) is 4.83 Å². The Morgan fingerprint density at radius 2 is 1.96 bits per heavy atom. The highest BCUT2D eigenvalue weighted by Crippen LogP contribution is 2.21. The average Bonchev–Trinajstić information content (AvgIpc) is 3.00. The number of carbonyl (C=O) groups excluding carboxylic acids is 1. The van der Waals surface area contributed by atoms with Crippen LogP contribution in [0.1, 0.15) is 21.7 Å². The van der Waals surface area contributed by atoms with E-state index in [1.807, 2.05) is 0 Å². The zero-order valence-electron chi connectivity index (χ0n) is 14.2. The fourth-order valence-corrected chi connectivity index (χ4v) is 2.97. The third-order valence-corrected chi connectivity index (χ3v) is 4.65. The Kier molecular flexibility index (Phi) is 6.18. The second kappa shape index (κ2) is 8.15. The summed E-state index contributed by atoms with van der Waals surface area (Å²) in [6.45, 7) is 4.13. The summed E-state index contributed by atoms with van der Waals surface area (Å²) in [5.74, 6) is 0.352. The van der Waals surface area contributed by atoms with Crippen molar-refractivity contribution in [1.82, 2.24) is 10.3 Å². The molecule has 2 N–H and O–H groups in total. The van der Waals surface area contributed by atoms with E-state index >= 15 is 0 Å². The summed E-state index contributed by atoms with van der Waals surface area (Å²) in [4.78, 5) is 14.0. The molecule has 0 aliphatic heterocycles. The highest BCUT2D eigenvalue weighted by Gasteiger charge is 2.18. The van der Waals surface area contributed by atoms with Gasteiger partial charge in [-0.05, 0) is 43.7 Å². The van der Waals surface area contributed by atoms with Crippen LogP contribution in [0.25, 0.3) is 0 Å². The lowest BCUT2D eigenvalue weighted by Gasteiger charge is -2.12. The van der Waals surface area contributed by atoms with Gasteiger partial charge in [-0.1, -0.05) is 0 Å². The van der Waals surface area contributed by atoms with E-state index in [-0.39, 0.29) is 10.5 Å². The molecule has 0 spiro atoms. The van der Waals surface area contributed by atoms with Crippen molar-refractivity contribution >= 4 is 15.9 Å². The number of hydrogen-bond acceptors (Lipinski definition) is 6. The number of nitrogens with one attached hydrogen (secondary N) is 2. The molecule has 0 saturated heterocycles. The first-order valence-electron chi connectivity index (χ1n) is 7.44. The van der Waals surface area contributed by atoms with Crippen LogP contribution in [0.15, 0.2) is 39.8 Å². The van der Waals surface area contributed by atoms with Crippen LogP contribution in [-0.2, 0) is 14.8 Å². The van der Waals surface area contributed by atoms with E-state index in [4.69, 9.17) is 13.9 Å². The molecule has 25 heavy (non-hydrogen) atoms. The maximum Gasteiger partial charge on any atom is 0.269 e. The molecule has 1 amide bonds. The standard InChI is InChI=1S/C16H20N2O6S/c1-11-10-13(4-5-15(11)24-9-8-22-3)25(20,21)18-17-16(19)14-6-7-23-12(14)2/h4-7,10,18H,8-9H2,1-3H3,(H,17,19). The van der Waals surface area contributed by atoms with Gasteiger partial charge in [0, 0.05) is 7.11 Å². The quantitative estimate of drug-likeness (QED) is 0.541. The summed E-state index contributed by atoms with van der Waals surface area (Å²) >= 11 is 0. The van der Waals surface area contributed by atoms with Gasteiger partial charge in [0.2, 0.25) is 0 Å². The van der Waals surface area contributed by atoms with E-state index in [1.165, 1.54) is 24.5 Å². The zero-order chi connectivity index (χ0) is 18.4. The molecule has 0 radical (unpaired) electrons. The number of ether oxygens (including phenoxy) is 2. The Morgan fingerprint density at radius 1 is 1.20 bits per heavy atom. The van der Waals surface area contributed by atoms with Crippen LogP contribution in [0.3, 0.4) is 0 Å². The molecule has 1 heterocycles. The number of sulfonamides is 1. The molecule has 0 unspecified atom stereocenters. The van der Waals surface area contributed by atoms with Crippen molar-refractivity contribution in [2.75, 3.05) is 20.3 Å². The summed E-state index contributed by atoms with van der Waals surface area (Å²) < 4.78 is 40.0. The highest BCUT2D eigenvalue weighted by atomic mass is 32.2. The van der Waals surface area contributed by atoms with Crippen molar-refractivity contribution in [3.63, 3.8) is 0 Å². The van der Waals surface area contributed by atoms with Crippen LogP contribution >= 0.6 is 0 Å². The number of hydrazine groups is 1. The number of carbonyl (C=O) groups is 1. The second-order valence-electron chi connectivity index (χ2n) is 5.22. The molecule has 0 saturated carbocycles. The van der Waals surface area contributed by atoms with E-state index in [1.54, 1.807) is 27.0 Å². The van der Waals surface area contributed by atoms with Crippen molar-refractivity contribution in [2.24, 2.45) is 0 Å². The van der Waals surface area contributed by atoms with Crippen molar-refractivity contribution < 1.29 is 27.1 Å². The molecule has 0 aliphatic rings. The lowest BCUT2D eigenvalue weighted by atomic mass is 10.2. The van der Waals surface area contributed by atoms with Crippen molar-refractivity contribution in [3.05, 3.63) is 47.4 Å². The van der Waals surface area contributed by atoms with Gasteiger partial charge in [0.05, 0.1) is 23.3 Å². The number of aryl methyl sites for hydroxylation is 2. The lowest BCUT2D eigenvalue weighted by Crippen LogP contribution is -2.41. The second-order valence-corrected chi connectivity index (χ2v) is 6.90. The minimum atomic E-state index is -3.92. The van der Waals surface area contributed by atoms with E-state index in [2.05, 4.69) is 10.3 Å². The third-order valence-electron chi connectivity index (χ3n) is 3.40. The zero-order valence-corrected chi connectivity index (χ0v) is 15.0.